The zero-order valence-electron chi connectivity index (χ0n) is 16.1. The smallest absolute Gasteiger partial charge is 0.237 e. The molecule has 1 aromatic carbocycles. The molecule has 1 aromatic rings. The number of rotatable bonds is 2. The number of carbonyl (C=O) groups excluding carboxylic acids is 1. The van der Waals surface area contributed by atoms with E-state index in [4.69, 9.17) is 0 Å². The summed E-state index contributed by atoms with van der Waals surface area (Å²) in [5.74, 6) is 0.216. The van der Waals surface area contributed by atoms with Gasteiger partial charge < -0.3 is 15.1 Å². The Labute approximate surface area is 152 Å². The van der Waals surface area contributed by atoms with Crippen LogP contribution in [0.25, 0.3) is 0 Å². The molecule has 25 heavy (non-hydrogen) atoms. The van der Waals surface area contributed by atoms with Gasteiger partial charge in [-0.1, -0.05) is 18.2 Å². The maximum atomic E-state index is 12.9. The first-order chi connectivity index (χ1) is 12.0. The number of likely N-dealkylation sites (N-methyl/N-ethyl adjacent to an activating group) is 2. The van der Waals surface area contributed by atoms with Gasteiger partial charge >= 0.3 is 0 Å². The van der Waals surface area contributed by atoms with E-state index in [9.17, 15) is 4.79 Å². The number of para-hydroxylation sites is 1. The molecular formula is C20H32N4O. The molecule has 2 heterocycles. The number of benzene rings is 1. The van der Waals surface area contributed by atoms with Crippen LogP contribution in [0.15, 0.2) is 18.2 Å². The summed E-state index contributed by atoms with van der Waals surface area (Å²) in [7, 11) is 6.15. The quantitative estimate of drug-likeness (QED) is 0.892. The van der Waals surface area contributed by atoms with Crippen molar-refractivity contribution in [2.45, 2.75) is 44.8 Å². The lowest BCUT2D eigenvalue weighted by atomic mass is 10.1. The Morgan fingerprint density at radius 2 is 2.00 bits per heavy atom. The topological polar surface area (TPSA) is 38.8 Å². The normalized spacial score (nSPS) is 24.6. The second-order valence-corrected chi connectivity index (χ2v) is 7.89. The lowest BCUT2D eigenvalue weighted by molar-refractivity contribution is -0.133. The highest BCUT2D eigenvalue weighted by molar-refractivity contribution is 5.78. The summed E-state index contributed by atoms with van der Waals surface area (Å²) in [4.78, 5) is 19.4. The van der Waals surface area contributed by atoms with Gasteiger partial charge in [-0.15, -0.1) is 0 Å². The van der Waals surface area contributed by atoms with E-state index >= 15 is 0 Å². The van der Waals surface area contributed by atoms with Gasteiger partial charge in [-0.2, -0.15) is 0 Å². The van der Waals surface area contributed by atoms with E-state index in [1.807, 2.05) is 19.0 Å². The van der Waals surface area contributed by atoms with Gasteiger partial charge in [0, 0.05) is 37.4 Å². The number of anilines is 1. The number of nitrogens with zero attached hydrogens (tertiary/aromatic N) is 3. The molecule has 0 saturated carbocycles. The highest BCUT2D eigenvalue weighted by Crippen LogP contribution is 2.29. The summed E-state index contributed by atoms with van der Waals surface area (Å²) in [5, 5.41) is 3.66. The Kier molecular flexibility index (Phi) is 5.64. The van der Waals surface area contributed by atoms with Crippen LogP contribution in [0.4, 0.5) is 5.69 Å². The van der Waals surface area contributed by atoms with Crippen molar-refractivity contribution in [2.24, 2.45) is 0 Å². The SMILES string of the molecule is Cc1cccc2c1NCCC1CCC(CN(C(=O)CN(C)C)C2)N1C. The summed E-state index contributed by atoms with van der Waals surface area (Å²) in [5.41, 5.74) is 3.70. The minimum Gasteiger partial charge on any atom is -0.384 e. The number of amides is 1. The van der Waals surface area contributed by atoms with E-state index < -0.39 is 0 Å². The van der Waals surface area contributed by atoms with Gasteiger partial charge in [0.05, 0.1) is 6.54 Å². The molecule has 1 amide bonds. The van der Waals surface area contributed by atoms with Crippen LogP contribution in [-0.4, -0.2) is 73.5 Å². The fourth-order valence-corrected chi connectivity index (χ4v) is 4.22. The third-order valence-corrected chi connectivity index (χ3v) is 5.72. The van der Waals surface area contributed by atoms with Crippen molar-refractivity contribution < 1.29 is 4.79 Å². The minimum absolute atomic E-state index is 0.216. The highest BCUT2D eigenvalue weighted by Gasteiger charge is 2.33. The van der Waals surface area contributed by atoms with Gasteiger partial charge in [0.1, 0.15) is 0 Å². The standard InChI is InChI=1S/C20H32N4O/c1-15-6-5-7-16-12-24(19(25)14-22(2)3)13-18-9-8-17(23(18)4)10-11-21-20(15)16/h5-7,17-18,21H,8-14H2,1-4H3. The van der Waals surface area contributed by atoms with E-state index in [1.165, 1.54) is 29.7 Å². The van der Waals surface area contributed by atoms with Crippen LogP contribution >= 0.6 is 0 Å². The molecule has 1 saturated heterocycles. The van der Waals surface area contributed by atoms with Gasteiger partial charge in [0.15, 0.2) is 0 Å². The Balaban J connectivity index is 1.91. The lowest BCUT2D eigenvalue weighted by Crippen LogP contribution is -2.45. The van der Waals surface area contributed by atoms with Crippen molar-refractivity contribution in [3.8, 4) is 0 Å². The molecule has 2 bridgehead atoms. The van der Waals surface area contributed by atoms with Crippen molar-refractivity contribution >= 4 is 11.6 Å². The van der Waals surface area contributed by atoms with Crippen molar-refractivity contribution in [1.82, 2.24) is 14.7 Å². The predicted octanol–water partition coefficient (Wildman–Crippen LogP) is 2.16. The van der Waals surface area contributed by atoms with Gasteiger partial charge in [-0.05, 0) is 58.5 Å². The van der Waals surface area contributed by atoms with E-state index in [2.05, 4.69) is 47.3 Å². The molecule has 2 aliphatic heterocycles. The Morgan fingerprint density at radius 3 is 2.76 bits per heavy atom. The van der Waals surface area contributed by atoms with Crippen LogP contribution in [0.1, 0.15) is 30.4 Å². The zero-order valence-corrected chi connectivity index (χ0v) is 16.1. The summed E-state index contributed by atoms with van der Waals surface area (Å²) >= 11 is 0. The molecule has 138 valence electrons. The number of nitrogens with one attached hydrogen (secondary N) is 1. The largest absolute Gasteiger partial charge is 0.384 e. The van der Waals surface area contributed by atoms with Gasteiger partial charge in [-0.3, -0.25) is 9.69 Å². The Morgan fingerprint density at radius 1 is 1.24 bits per heavy atom. The second-order valence-electron chi connectivity index (χ2n) is 7.89. The Bertz CT molecular complexity index is 616. The molecule has 2 aliphatic rings. The molecule has 3 rings (SSSR count). The minimum atomic E-state index is 0.216. The molecule has 2 unspecified atom stereocenters. The van der Waals surface area contributed by atoms with Crippen LogP contribution in [0, 0.1) is 6.92 Å². The lowest BCUT2D eigenvalue weighted by Gasteiger charge is -2.31. The molecule has 1 fully saturated rings. The van der Waals surface area contributed by atoms with Crippen molar-refractivity contribution in [3.05, 3.63) is 29.3 Å². The van der Waals surface area contributed by atoms with Crippen LogP contribution in [0.2, 0.25) is 0 Å². The molecule has 1 N–H and O–H groups in total. The van der Waals surface area contributed by atoms with Crippen LogP contribution in [-0.2, 0) is 11.3 Å². The average molecular weight is 345 g/mol. The first-order valence-electron chi connectivity index (χ1n) is 9.42. The van der Waals surface area contributed by atoms with Gasteiger partial charge in [-0.25, -0.2) is 0 Å². The maximum absolute atomic E-state index is 12.9. The molecule has 5 nitrogen and oxygen atoms in total. The van der Waals surface area contributed by atoms with Gasteiger partial charge in [0.25, 0.3) is 0 Å². The maximum Gasteiger partial charge on any atom is 0.237 e. The van der Waals surface area contributed by atoms with E-state index in [1.54, 1.807) is 0 Å². The van der Waals surface area contributed by atoms with Crippen molar-refractivity contribution in [1.29, 1.82) is 0 Å². The second kappa shape index (κ2) is 7.75. The predicted molar refractivity (Wildman–Crippen MR) is 103 cm³/mol. The Hall–Kier alpha value is -1.59. The zero-order chi connectivity index (χ0) is 18.0. The van der Waals surface area contributed by atoms with Crippen LogP contribution < -0.4 is 5.32 Å². The molecule has 0 aromatic heterocycles. The molecule has 0 radical (unpaired) electrons. The first-order valence-corrected chi connectivity index (χ1v) is 9.42. The number of hydrogen-bond acceptors (Lipinski definition) is 4. The third-order valence-electron chi connectivity index (χ3n) is 5.72. The molecule has 0 aliphatic carbocycles. The van der Waals surface area contributed by atoms with Crippen LogP contribution in [0.3, 0.4) is 0 Å². The summed E-state index contributed by atoms with van der Waals surface area (Å²) in [6, 6.07) is 7.50. The number of fused-ring (bicyclic) bond motifs is 3. The molecule has 2 atom stereocenters. The summed E-state index contributed by atoms with van der Waals surface area (Å²) in [6.07, 6.45) is 3.58. The van der Waals surface area contributed by atoms with E-state index in [0.29, 0.717) is 25.2 Å². The van der Waals surface area contributed by atoms with Crippen LogP contribution in [0.5, 0.6) is 0 Å². The monoisotopic (exact) mass is 344 g/mol. The van der Waals surface area contributed by atoms with Crippen molar-refractivity contribution in [2.75, 3.05) is 46.1 Å². The van der Waals surface area contributed by atoms with Crippen molar-refractivity contribution in [3.63, 3.8) is 0 Å². The van der Waals surface area contributed by atoms with Gasteiger partial charge in [0.2, 0.25) is 5.91 Å². The number of aryl methyl sites for hydroxylation is 1. The first kappa shape index (κ1) is 18.2. The fourth-order valence-electron chi connectivity index (χ4n) is 4.22. The number of hydrogen-bond donors (Lipinski definition) is 1. The molecule has 0 spiro atoms. The molecule has 5 heteroatoms. The third kappa shape index (κ3) is 4.15. The highest BCUT2D eigenvalue weighted by atomic mass is 16.2. The van der Waals surface area contributed by atoms with E-state index in [0.717, 1.165) is 19.5 Å². The van der Waals surface area contributed by atoms with E-state index in [-0.39, 0.29) is 5.91 Å². The molecular weight excluding hydrogens is 312 g/mol. The summed E-state index contributed by atoms with van der Waals surface area (Å²) < 4.78 is 0. The average Bonchev–Trinajstić information content (AvgIpc) is 2.86. The fraction of sp³-hybridized carbons (Fsp3) is 0.650. The number of carbonyl (C=O) groups is 1. The summed E-state index contributed by atoms with van der Waals surface area (Å²) in [6.45, 7) is 5.12.